The molecule has 0 atom stereocenters. The molecule has 1 aromatic carbocycles. The highest BCUT2D eigenvalue weighted by molar-refractivity contribution is 7.71. The van der Waals surface area contributed by atoms with E-state index in [2.05, 4.69) is 39.2 Å². The molecule has 1 fully saturated rings. The number of hydrogen-bond acceptors (Lipinski definition) is 6. The van der Waals surface area contributed by atoms with E-state index in [1.165, 1.54) is 9.71 Å². The number of benzene rings is 1. The molecule has 144 valence electrons. The van der Waals surface area contributed by atoms with Crippen LogP contribution in [0.2, 0.25) is 0 Å². The monoisotopic (exact) mass is 410 g/mol. The van der Waals surface area contributed by atoms with Gasteiger partial charge in [-0.2, -0.15) is 0 Å². The molecule has 8 heteroatoms. The van der Waals surface area contributed by atoms with Crippen LogP contribution in [-0.4, -0.2) is 42.1 Å². The molecule has 4 aromatic rings. The zero-order valence-electron chi connectivity index (χ0n) is 16.0. The van der Waals surface area contributed by atoms with E-state index in [9.17, 15) is 0 Å². The van der Waals surface area contributed by atoms with Crippen molar-refractivity contribution in [2.75, 3.05) is 13.1 Å². The SMILES string of the molecule is Cc1cc(C)n2c(=S)n(CN3CCC(c4nc5ccccc5s4)CC3)nc2n1. The molecule has 1 aliphatic heterocycles. The third-order valence-corrected chi connectivity index (χ3v) is 7.04. The lowest BCUT2D eigenvalue weighted by Crippen LogP contribution is -2.34. The number of aryl methyl sites for hydroxylation is 2. The minimum absolute atomic E-state index is 0.550. The summed E-state index contributed by atoms with van der Waals surface area (Å²) in [5.74, 6) is 1.24. The van der Waals surface area contributed by atoms with E-state index in [-0.39, 0.29) is 0 Å². The second-order valence-corrected chi connectivity index (χ2v) is 8.94. The van der Waals surface area contributed by atoms with Crippen LogP contribution < -0.4 is 0 Å². The lowest BCUT2D eigenvalue weighted by atomic mass is 9.98. The fourth-order valence-corrected chi connectivity index (χ4v) is 5.46. The molecule has 0 N–H and O–H groups in total. The van der Waals surface area contributed by atoms with Crippen molar-refractivity contribution in [3.63, 3.8) is 0 Å². The molecular formula is C20H22N6S2. The Balaban J connectivity index is 1.31. The van der Waals surface area contributed by atoms with Gasteiger partial charge in [-0.25, -0.2) is 14.6 Å². The van der Waals surface area contributed by atoms with E-state index in [0.717, 1.165) is 42.8 Å². The Labute approximate surface area is 172 Å². The third kappa shape index (κ3) is 3.15. The van der Waals surface area contributed by atoms with Gasteiger partial charge in [0.15, 0.2) is 0 Å². The topological polar surface area (TPSA) is 51.2 Å². The van der Waals surface area contributed by atoms with Crippen molar-refractivity contribution >= 4 is 39.5 Å². The molecule has 0 aliphatic carbocycles. The molecule has 0 bridgehead atoms. The van der Waals surface area contributed by atoms with Crippen LogP contribution >= 0.6 is 23.6 Å². The summed E-state index contributed by atoms with van der Waals surface area (Å²) >= 11 is 7.49. The maximum atomic E-state index is 5.65. The van der Waals surface area contributed by atoms with Gasteiger partial charge in [0.05, 0.1) is 21.9 Å². The molecular weight excluding hydrogens is 388 g/mol. The zero-order chi connectivity index (χ0) is 19.3. The number of hydrogen-bond donors (Lipinski definition) is 0. The number of fused-ring (bicyclic) bond motifs is 2. The van der Waals surface area contributed by atoms with Crippen LogP contribution in [0.25, 0.3) is 16.0 Å². The van der Waals surface area contributed by atoms with Crippen LogP contribution in [0.3, 0.4) is 0 Å². The second kappa shape index (κ2) is 7.02. The lowest BCUT2D eigenvalue weighted by molar-refractivity contribution is 0.160. The standard InChI is InChI=1S/C20H22N6S2/c1-13-11-14(2)26-19(21-13)23-25(20(26)27)12-24-9-7-15(8-10-24)18-22-16-5-3-4-6-17(16)28-18/h3-6,11,15H,7-10,12H2,1-2H3. The summed E-state index contributed by atoms with van der Waals surface area (Å²) in [4.78, 5) is 11.8. The molecule has 3 aromatic heterocycles. The van der Waals surface area contributed by atoms with Gasteiger partial charge >= 0.3 is 0 Å². The van der Waals surface area contributed by atoms with Crippen LogP contribution in [0.1, 0.15) is 35.2 Å². The molecule has 6 nitrogen and oxygen atoms in total. The quantitative estimate of drug-likeness (QED) is 0.471. The fourth-order valence-electron chi connectivity index (χ4n) is 4.00. The van der Waals surface area contributed by atoms with Crippen molar-refractivity contribution in [2.45, 2.75) is 39.3 Å². The number of thiazole rings is 1. The molecule has 0 unspecified atom stereocenters. The van der Waals surface area contributed by atoms with Crippen molar-refractivity contribution in [3.05, 3.63) is 51.5 Å². The predicted molar refractivity (Wildman–Crippen MR) is 114 cm³/mol. The Bertz CT molecular complexity index is 1180. The van der Waals surface area contributed by atoms with Gasteiger partial charge < -0.3 is 0 Å². The van der Waals surface area contributed by atoms with E-state index in [4.69, 9.17) is 17.2 Å². The summed E-state index contributed by atoms with van der Waals surface area (Å²) in [7, 11) is 0. The number of rotatable bonds is 3. The van der Waals surface area contributed by atoms with Gasteiger partial charge in [0.1, 0.15) is 0 Å². The maximum Gasteiger partial charge on any atom is 0.254 e. The van der Waals surface area contributed by atoms with Gasteiger partial charge in [0.25, 0.3) is 5.78 Å². The van der Waals surface area contributed by atoms with Gasteiger partial charge in [0, 0.05) is 30.4 Å². The largest absolute Gasteiger partial charge is 0.284 e. The lowest BCUT2D eigenvalue weighted by Gasteiger charge is -2.30. The summed E-state index contributed by atoms with van der Waals surface area (Å²) in [5.41, 5.74) is 3.17. The Kier molecular flexibility index (Phi) is 4.49. The fraction of sp³-hybridized carbons (Fsp3) is 0.400. The highest BCUT2D eigenvalue weighted by atomic mass is 32.1. The third-order valence-electron chi connectivity index (χ3n) is 5.45. The Morgan fingerprint density at radius 1 is 1.14 bits per heavy atom. The molecule has 0 spiro atoms. The highest BCUT2D eigenvalue weighted by Crippen LogP contribution is 2.33. The van der Waals surface area contributed by atoms with Crippen molar-refractivity contribution in [1.29, 1.82) is 0 Å². The van der Waals surface area contributed by atoms with E-state index in [0.29, 0.717) is 23.1 Å². The summed E-state index contributed by atoms with van der Waals surface area (Å²) in [6.45, 7) is 6.81. The van der Waals surface area contributed by atoms with Crippen molar-refractivity contribution in [3.8, 4) is 0 Å². The van der Waals surface area contributed by atoms with Crippen LogP contribution in [0.5, 0.6) is 0 Å². The molecule has 1 saturated heterocycles. The van der Waals surface area contributed by atoms with Gasteiger partial charge in [-0.05, 0) is 57.1 Å². The van der Waals surface area contributed by atoms with Gasteiger partial charge in [0.2, 0.25) is 4.77 Å². The van der Waals surface area contributed by atoms with Crippen LogP contribution in [0.15, 0.2) is 30.3 Å². The van der Waals surface area contributed by atoms with Crippen LogP contribution in [-0.2, 0) is 6.67 Å². The number of aromatic nitrogens is 5. The van der Waals surface area contributed by atoms with E-state index in [1.807, 2.05) is 40.3 Å². The predicted octanol–water partition coefficient (Wildman–Crippen LogP) is 4.32. The number of piperidine rings is 1. The maximum absolute atomic E-state index is 5.65. The Morgan fingerprint density at radius 3 is 2.71 bits per heavy atom. The molecule has 5 rings (SSSR count). The Hall–Kier alpha value is -2.16. The second-order valence-electron chi connectivity index (χ2n) is 7.51. The summed E-state index contributed by atoms with van der Waals surface area (Å²) in [6, 6.07) is 10.5. The van der Waals surface area contributed by atoms with Crippen molar-refractivity contribution < 1.29 is 0 Å². The number of para-hydroxylation sites is 1. The summed E-state index contributed by atoms with van der Waals surface area (Å²) in [5, 5.41) is 5.92. The van der Waals surface area contributed by atoms with E-state index in [1.54, 1.807) is 0 Å². The average Bonchev–Trinajstić information content (AvgIpc) is 3.24. The summed E-state index contributed by atoms with van der Waals surface area (Å²) < 4.78 is 5.86. The molecule has 1 aliphatic rings. The van der Waals surface area contributed by atoms with Crippen LogP contribution in [0.4, 0.5) is 0 Å². The zero-order valence-corrected chi connectivity index (χ0v) is 17.6. The van der Waals surface area contributed by atoms with Crippen molar-refractivity contribution in [1.82, 2.24) is 29.0 Å². The first kappa shape index (κ1) is 17.9. The van der Waals surface area contributed by atoms with Gasteiger partial charge in [-0.1, -0.05) is 12.1 Å². The average molecular weight is 411 g/mol. The number of likely N-dealkylation sites (tertiary alicyclic amines) is 1. The molecule has 0 radical (unpaired) electrons. The molecule has 0 amide bonds. The first-order chi connectivity index (χ1) is 13.6. The van der Waals surface area contributed by atoms with Gasteiger partial charge in [-0.3, -0.25) is 9.30 Å². The minimum atomic E-state index is 0.550. The molecule has 28 heavy (non-hydrogen) atoms. The van der Waals surface area contributed by atoms with Crippen molar-refractivity contribution in [2.24, 2.45) is 0 Å². The first-order valence-corrected chi connectivity index (χ1v) is 10.8. The number of nitrogens with zero attached hydrogens (tertiary/aromatic N) is 6. The first-order valence-electron chi connectivity index (χ1n) is 9.60. The minimum Gasteiger partial charge on any atom is -0.284 e. The van der Waals surface area contributed by atoms with Gasteiger partial charge in [-0.15, -0.1) is 16.4 Å². The normalized spacial score (nSPS) is 16.4. The molecule has 4 heterocycles. The van der Waals surface area contributed by atoms with E-state index >= 15 is 0 Å². The van der Waals surface area contributed by atoms with Crippen LogP contribution in [0, 0.1) is 18.6 Å². The van der Waals surface area contributed by atoms with E-state index < -0.39 is 0 Å². The Morgan fingerprint density at radius 2 is 1.93 bits per heavy atom. The highest BCUT2D eigenvalue weighted by Gasteiger charge is 2.24. The summed E-state index contributed by atoms with van der Waals surface area (Å²) in [6.07, 6.45) is 2.24. The smallest absolute Gasteiger partial charge is 0.254 e. The molecule has 0 saturated carbocycles.